The first-order valence-electron chi connectivity index (χ1n) is 5.82. The monoisotopic (exact) mass is 200 g/mol. The second kappa shape index (κ2) is 7.21. The summed E-state index contributed by atoms with van der Waals surface area (Å²) in [5.74, 6) is 0. The lowest BCUT2D eigenvalue weighted by Crippen LogP contribution is -2.37. The first-order valence-corrected chi connectivity index (χ1v) is 5.82. The SMILES string of the molecule is CCNCCCN1CCC(OC)CC1. The van der Waals surface area contributed by atoms with Crippen molar-refractivity contribution in [2.75, 3.05) is 39.8 Å². The Morgan fingerprint density at radius 3 is 2.64 bits per heavy atom. The summed E-state index contributed by atoms with van der Waals surface area (Å²) < 4.78 is 5.34. The molecule has 1 saturated heterocycles. The summed E-state index contributed by atoms with van der Waals surface area (Å²) in [6.07, 6.45) is 4.20. The third-order valence-corrected chi connectivity index (χ3v) is 2.95. The Morgan fingerprint density at radius 2 is 2.07 bits per heavy atom. The van der Waals surface area contributed by atoms with Crippen LogP contribution in [0.15, 0.2) is 0 Å². The van der Waals surface area contributed by atoms with E-state index in [0.717, 1.165) is 13.1 Å². The zero-order valence-corrected chi connectivity index (χ0v) is 9.59. The molecule has 84 valence electrons. The van der Waals surface area contributed by atoms with Crippen LogP contribution in [0.1, 0.15) is 26.2 Å². The van der Waals surface area contributed by atoms with Crippen LogP contribution < -0.4 is 5.32 Å². The van der Waals surface area contributed by atoms with E-state index in [-0.39, 0.29) is 0 Å². The highest BCUT2D eigenvalue weighted by atomic mass is 16.5. The highest BCUT2D eigenvalue weighted by Gasteiger charge is 2.17. The maximum absolute atomic E-state index is 5.34. The van der Waals surface area contributed by atoms with Gasteiger partial charge in [-0.05, 0) is 38.9 Å². The van der Waals surface area contributed by atoms with Crippen LogP contribution in [-0.2, 0) is 4.74 Å². The van der Waals surface area contributed by atoms with E-state index < -0.39 is 0 Å². The average Bonchev–Trinajstić information content (AvgIpc) is 2.25. The molecule has 1 heterocycles. The van der Waals surface area contributed by atoms with Crippen LogP contribution in [0.4, 0.5) is 0 Å². The molecule has 0 aromatic carbocycles. The predicted octanol–water partition coefficient (Wildman–Crippen LogP) is 1.10. The summed E-state index contributed by atoms with van der Waals surface area (Å²) in [6, 6.07) is 0. The Hall–Kier alpha value is -0.120. The van der Waals surface area contributed by atoms with Crippen LogP contribution in [0.3, 0.4) is 0 Å². The summed E-state index contributed by atoms with van der Waals surface area (Å²) in [4.78, 5) is 2.55. The molecular weight excluding hydrogens is 176 g/mol. The van der Waals surface area contributed by atoms with Crippen molar-refractivity contribution in [3.8, 4) is 0 Å². The minimum Gasteiger partial charge on any atom is -0.381 e. The van der Waals surface area contributed by atoms with E-state index >= 15 is 0 Å². The van der Waals surface area contributed by atoms with E-state index in [4.69, 9.17) is 4.74 Å². The maximum Gasteiger partial charge on any atom is 0.0595 e. The molecule has 1 aliphatic rings. The fourth-order valence-corrected chi connectivity index (χ4v) is 1.97. The van der Waals surface area contributed by atoms with Gasteiger partial charge in [0.2, 0.25) is 0 Å². The van der Waals surface area contributed by atoms with Gasteiger partial charge in [-0.25, -0.2) is 0 Å². The fraction of sp³-hybridized carbons (Fsp3) is 1.00. The lowest BCUT2D eigenvalue weighted by atomic mass is 10.1. The van der Waals surface area contributed by atoms with Gasteiger partial charge >= 0.3 is 0 Å². The number of hydrogen-bond acceptors (Lipinski definition) is 3. The highest BCUT2D eigenvalue weighted by Crippen LogP contribution is 2.12. The molecule has 3 nitrogen and oxygen atoms in total. The minimum absolute atomic E-state index is 0.514. The number of rotatable bonds is 6. The first kappa shape index (κ1) is 12.0. The van der Waals surface area contributed by atoms with Gasteiger partial charge in [0.05, 0.1) is 6.10 Å². The maximum atomic E-state index is 5.34. The van der Waals surface area contributed by atoms with E-state index in [1.165, 1.54) is 38.9 Å². The van der Waals surface area contributed by atoms with Crippen LogP contribution >= 0.6 is 0 Å². The third kappa shape index (κ3) is 4.40. The Bertz CT molecular complexity index is 133. The highest BCUT2D eigenvalue weighted by molar-refractivity contribution is 4.72. The summed E-state index contributed by atoms with van der Waals surface area (Å²) >= 11 is 0. The molecule has 1 fully saturated rings. The standard InChI is InChI=1S/C11H24N2O/c1-3-12-7-4-8-13-9-5-11(14-2)6-10-13/h11-12H,3-10H2,1-2H3. The van der Waals surface area contributed by atoms with Crippen molar-refractivity contribution in [1.82, 2.24) is 10.2 Å². The lowest BCUT2D eigenvalue weighted by molar-refractivity contribution is 0.0409. The number of nitrogens with one attached hydrogen (secondary N) is 1. The average molecular weight is 200 g/mol. The molecule has 14 heavy (non-hydrogen) atoms. The van der Waals surface area contributed by atoms with Crippen LogP contribution in [-0.4, -0.2) is 50.8 Å². The van der Waals surface area contributed by atoms with Crippen molar-refractivity contribution < 1.29 is 4.74 Å². The van der Waals surface area contributed by atoms with E-state index in [1.807, 2.05) is 7.11 Å². The molecule has 3 heteroatoms. The lowest BCUT2D eigenvalue weighted by Gasteiger charge is -2.31. The molecule has 0 unspecified atom stereocenters. The summed E-state index contributed by atoms with van der Waals surface area (Å²) in [5, 5.41) is 3.36. The molecule has 0 amide bonds. The van der Waals surface area contributed by atoms with Gasteiger partial charge in [-0.15, -0.1) is 0 Å². The van der Waals surface area contributed by atoms with Crippen LogP contribution in [0.2, 0.25) is 0 Å². The molecule has 0 aromatic rings. The molecule has 0 aliphatic carbocycles. The summed E-state index contributed by atoms with van der Waals surface area (Å²) in [5.41, 5.74) is 0. The minimum atomic E-state index is 0.514. The molecule has 0 saturated carbocycles. The number of methoxy groups -OCH3 is 1. The zero-order chi connectivity index (χ0) is 10.2. The largest absolute Gasteiger partial charge is 0.381 e. The zero-order valence-electron chi connectivity index (χ0n) is 9.59. The smallest absolute Gasteiger partial charge is 0.0595 e. The molecule has 0 aromatic heterocycles. The van der Waals surface area contributed by atoms with Crippen LogP contribution in [0.5, 0.6) is 0 Å². The van der Waals surface area contributed by atoms with Crippen molar-refractivity contribution in [2.45, 2.75) is 32.3 Å². The number of likely N-dealkylation sites (tertiary alicyclic amines) is 1. The van der Waals surface area contributed by atoms with Crippen molar-refractivity contribution in [1.29, 1.82) is 0 Å². The van der Waals surface area contributed by atoms with Crippen molar-refractivity contribution >= 4 is 0 Å². The topological polar surface area (TPSA) is 24.5 Å². The second-order valence-corrected chi connectivity index (χ2v) is 3.98. The Balaban J connectivity index is 1.98. The van der Waals surface area contributed by atoms with Gasteiger partial charge in [-0.1, -0.05) is 6.92 Å². The second-order valence-electron chi connectivity index (χ2n) is 3.98. The first-order chi connectivity index (χ1) is 6.86. The van der Waals surface area contributed by atoms with E-state index in [2.05, 4.69) is 17.1 Å². The number of piperidine rings is 1. The van der Waals surface area contributed by atoms with Gasteiger partial charge in [-0.3, -0.25) is 0 Å². The number of ether oxygens (including phenoxy) is 1. The third-order valence-electron chi connectivity index (χ3n) is 2.95. The molecule has 1 aliphatic heterocycles. The van der Waals surface area contributed by atoms with Crippen molar-refractivity contribution in [3.05, 3.63) is 0 Å². The fourth-order valence-electron chi connectivity index (χ4n) is 1.97. The molecule has 1 N–H and O–H groups in total. The van der Waals surface area contributed by atoms with Gasteiger partial charge in [-0.2, -0.15) is 0 Å². The quantitative estimate of drug-likeness (QED) is 0.650. The molecule has 0 spiro atoms. The number of nitrogens with zero attached hydrogens (tertiary/aromatic N) is 1. The normalized spacial score (nSPS) is 20.1. The summed E-state index contributed by atoms with van der Waals surface area (Å²) in [7, 11) is 1.82. The van der Waals surface area contributed by atoms with Gasteiger partial charge in [0, 0.05) is 20.2 Å². The van der Waals surface area contributed by atoms with E-state index in [0.29, 0.717) is 6.10 Å². The molecule has 0 bridgehead atoms. The molecule has 1 rings (SSSR count). The summed E-state index contributed by atoms with van der Waals surface area (Å²) in [6.45, 7) is 8.06. The van der Waals surface area contributed by atoms with Gasteiger partial charge < -0.3 is 15.0 Å². The molecular formula is C11H24N2O. The van der Waals surface area contributed by atoms with Crippen LogP contribution in [0, 0.1) is 0 Å². The van der Waals surface area contributed by atoms with Crippen LogP contribution in [0.25, 0.3) is 0 Å². The Morgan fingerprint density at radius 1 is 1.36 bits per heavy atom. The Labute approximate surface area is 87.8 Å². The van der Waals surface area contributed by atoms with E-state index in [9.17, 15) is 0 Å². The number of hydrogen-bond donors (Lipinski definition) is 1. The Kier molecular flexibility index (Phi) is 6.15. The van der Waals surface area contributed by atoms with Crippen molar-refractivity contribution in [3.63, 3.8) is 0 Å². The van der Waals surface area contributed by atoms with Crippen molar-refractivity contribution in [2.24, 2.45) is 0 Å². The van der Waals surface area contributed by atoms with E-state index in [1.54, 1.807) is 0 Å². The van der Waals surface area contributed by atoms with Gasteiger partial charge in [0.1, 0.15) is 0 Å². The molecule has 0 atom stereocenters. The van der Waals surface area contributed by atoms with Gasteiger partial charge in [0.25, 0.3) is 0 Å². The van der Waals surface area contributed by atoms with Gasteiger partial charge in [0.15, 0.2) is 0 Å². The molecule has 0 radical (unpaired) electrons. The predicted molar refractivity (Wildman–Crippen MR) is 59.6 cm³/mol.